The van der Waals surface area contributed by atoms with Crippen LogP contribution >= 0.6 is 0 Å². The molecule has 2 aromatic rings. The van der Waals surface area contributed by atoms with Crippen LogP contribution in [0.3, 0.4) is 0 Å². The van der Waals surface area contributed by atoms with E-state index in [1.165, 1.54) is 18.2 Å². The number of hydrogen-bond donors (Lipinski definition) is 1. The number of rotatable bonds is 2. The van der Waals surface area contributed by atoms with Crippen molar-refractivity contribution in [2.75, 3.05) is 5.73 Å². The SMILES string of the molecule is Nc1cc(-c2cccc(F)c2CF)no1. The molecule has 0 fully saturated rings. The van der Waals surface area contributed by atoms with Crippen LogP contribution in [0.2, 0.25) is 0 Å². The molecule has 0 aliphatic carbocycles. The van der Waals surface area contributed by atoms with Crippen LogP contribution < -0.4 is 5.73 Å². The number of nitrogens with two attached hydrogens (primary N) is 1. The van der Waals surface area contributed by atoms with Gasteiger partial charge in [-0.05, 0) is 6.07 Å². The molecule has 2 rings (SSSR count). The van der Waals surface area contributed by atoms with Gasteiger partial charge in [0.1, 0.15) is 18.2 Å². The molecule has 0 unspecified atom stereocenters. The number of anilines is 1. The van der Waals surface area contributed by atoms with E-state index in [-0.39, 0.29) is 11.4 Å². The zero-order chi connectivity index (χ0) is 10.8. The fourth-order valence-corrected chi connectivity index (χ4v) is 1.35. The van der Waals surface area contributed by atoms with Crippen molar-refractivity contribution in [3.05, 3.63) is 35.6 Å². The largest absolute Gasteiger partial charge is 0.368 e. The Morgan fingerprint density at radius 1 is 1.40 bits per heavy atom. The minimum atomic E-state index is -0.894. The summed E-state index contributed by atoms with van der Waals surface area (Å²) in [5, 5.41) is 3.60. The van der Waals surface area contributed by atoms with Crippen LogP contribution in [0.4, 0.5) is 14.7 Å². The van der Waals surface area contributed by atoms with Gasteiger partial charge in [-0.2, -0.15) is 0 Å². The molecule has 0 saturated carbocycles. The average Bonchev–Trinajstić information content (AvgIpc) is 2.64. The van der Waals surface area contributed by atoms with E-state index in [2.05, 4.69) is 9.68 Å². The van der Waals surface area contributed by atoms with Crippen molar-refractivity contribution in [3.63, 3.8) is 0 Å². The van der Waals surface area contributed by atoms with Crippen molar-refractivity contribution in [2.45, 2.75) is 6.67 Å². The van der Waals surface area contributed by atoms with Gasteiger partial charge in [0.15, 0.2) is 0 Å². The normalized spacial score (nSPS) is 10.5. The third-order valence-electron chi connectivity index (χ3n) is 2.06. The molecule has 0 amide bonds. The summed E-state index contributed by atoms with van der Waals surface area (Å²) < 4.78 is 30.5. The molecule has 0 bridgehead atoms. The van der Waals surface area contributed by atoms with Crippen molar-refractivity contribution in [3.8, 4) is 11.3 Å². The van der Waals surface area contributed by atoms with E-state index in [9.17, 15) is 8.78 Å². The summed E-state index contributed by atoms with van der Waals surface area (Å²) in [6, 6.07) is 5.67. The van der Waals surface area contributed by atoms with E-state index in [1.807, 2.05) is 0 Å². The molecule has 1 aromatic carbocycles. The van der Waals surface area contributed by atoms with E-state index in [0.717, 1.165) is 0 Å². The first-order valence-electron chi connectivity index (χ1n) is 4.28. The van der Waals surface area contributed by atoms with Crippen LogP contribution in [0.15, 0.2) is 28.8 Å². The Hall–Kier alpha value is -1.91. The third kappa shape index (κ3) is 1.68. The molecule has 15 heavy (non-hydrogen) atoms. The quantitative estimate of drug-likeness (QED) is 0.828. The number of nitrogens with zero attached hydrogens (tertiary/aromatic N) is 1. The van der Waals surface area contributed by atoms with Crippen molar-refractivity contribution in [2.24, 2.45) is 0 Å². The highest BCUT2D eigenvalue weighted by atomic mass is 19.1. The topological polar surface area (TPSA) is 52.0 Å². The van der Waals surface area contributed by atoms with Crippen molar-refractivity contribution >= 4 is 5.88 Å². The van der Waals surface area contributed by atoms with Crippen molar-refractivity contribution in [1.29, 1.82) is 0 Å². The summed E-state index contributed by atoms with van der Waals surface area (Å²) in [6.45, 7) is -0.894. The maximum absolute atomic E-state index is 13.2. The lowest BCUT2D eigenvalue weighted by Crippen LogP contribution is -1.91. The summed E-state index contributed by atoms with van der Waals surface area (Å²) >= 11 is 0. The van der Waals surface area contributed by atoms with Gasteiger partial charge in [0.05, 0.1) is 0 Å². The molecule has 1 heterocycles. The Morgan fingerprint density at radius 2 is 2.20 bits per heavy atom. The minimum Gasteiger partial charge on any atom is -0.368 e. The molecule has 1 aromatic heterocycles. The predicted molar refractivity (Wildman–Crippen MR) is 51.1 cm³/mol. The Morgan fingerprint density at radius 3 is 2.80 bits per heavy atom. The van der Waals surface area contributed by atoms with Gasteiger partial charge in [-0.3, -0.25) is 0 Å². The van der Waals surface area contributed by atoms with Crippen LogP contribution in [0.1, 0.15) is 5.56 Å². The van der Waals surface area contributed by atoms with E-state index >= 15 is 0 Å². The van der Waals surface area contributed by atoms with E-state index < -0.39 is 12.5 Å². The zero-order valence-electron chi connectivity index (χ0n) is 7.71. The number of halogens is 2. The predicted octanol–water partition coefficient (Wildman–Crippen LogP) is 2.53. The first kappa shape index (κ1) is 9.64. The van der Waals surface area contributed by atoms with Gasteiger partial charge < -0.3 is 10.3 Å². The molecule has 0 saturated heterocycles. The summed E-state index contributed by atoms with van der Waals surface area (Å²) in [6.07, 6.45) is 0. The zero-order valence-corrected chi connectivity index (χ0v) is 7.71. The maximum Gasteiger partial charge on any atom is 0.222 e. The van der Waals surface area contributed by atoms with E-state index in [1.54, 1.807) is 6.07 Å². The minimum absolute atomic E-state index is 0.0363. The van der Waals surface area contributed by atoms with Crippen LogP contribution in [0.25, 0.3) is 11.3 Å². The number of alkyl halides is 1. The molecular formula is C10H8F2N2O. The summed E-state index contributed by atoms with van der Waals surface area (Å²) in [5.74, 6) is -0.490. The highest BCUT2D eigenvalue weighted by Crippen LogP contribution is 2.26. The molecule has 0 spiro atoms. The number of aromatic nitrogens is 1. The highest BCUT2D eigenvalue weighted by molar-refractivity contribution is 5.65. The van der Waals surface area contributed by atoms with Crippen LogP contribution in [-0.2, 0) is 6.67 Å². The van der Waals surface area contributed by atoms with Gasteiger partial charge >= 0.3 is 0 Å². The maximum atomic E-state index is 13.2. The lowest BCUT2D eigenvalue weighted by molar-refractivity contribution is 0.438. The van der Waals surface area contributed by atoms with Crippen LogP contribution in [0, 0.1) is 5.82 Å². The van der Waals surface area contributed by atoms with Crippen LogP contribution in [-0.4, -0.2) is 5.16 Å². The molecule has 3 nitrogen and oxygen atoms in total. The molecule has 2 N–H and O–H groups in total. The molecule has 0 radical (unpaired) electrons. The first-order valence-corrected chi connectivity index (χ1v) is 4.28. The van der Waals surface area contributed by atoms with Gasteiger partial charge in [0.2, 0.25) is 5.88 Å². The summed E-state index contributed by atoms with van der Waals surface area (Å²) in [5.41, 5.74) is 5.98. The Bertz CT molecular complexity index is 482. The van der Waals surface area contributed by atoms with Gasteiger partial charge in [-0.25, -0.2) is 8.78 Å². The van der Waals surface area contributed by atoms with Crippen LogP contribution in [0.5, 0.6) is 0 Å². The van der Waals surface area contributed by atoms with Crippen molar-refractivity contribution in [1.82, 2.24) is 5.16 Å². The third-order valence-corrected chi connectivity index (χ3v) is 2.06. The number of benzene rings is 1. The second-order valence-electron chi connectivity index (χ2n) is 3.01. The van der Waals surface area contributed by atoms with Gasteiger partial charge in [-0.15, -0.1) is 0 Å². The molecular weight excluding hydrogens is 202 g/mol. The highest BCUT2D eigenvalue weighted by Gasteiger charge is 2.12. The standard InChI is InChI=1S/C10H8F2N2O/c11-5-7-6(2-1-3-8(7)12)9-4-10(13)15-14-9/h1-4H,5,13H2. The number of nitrogen functional groups attached to an aromatic ring is 1. The molecule has 5 heteroatoms. The fraction of sp³-hybridized carbons (Fsp3) is 0.100. The van der Waals surface area contributed by atoms with E-state index in [0.29, 0.717) is 11.3 Å². The van der Waals surface area contributed by atoms with Gasteiger partial charge in [0.25, 0.3) is 0 Å². The second kappa shape index (κ2) is 3.68. The average molecular weight is 210 g/mol. The molecule has 78 valence electrons. The summed E-state index contributed by atoms with van der Waals surface area (Å²) in [4.78, 5) is 0. The van der Waals surface area contributed by atoms with Gasteiger partial charge in [0, 0.05) is 17.2 Å². The number of hydrogen-bond acceptors (Lipinski definition) is 3. The lowest BCUT2D eigenvalue weighted by Gasteiger charge is -2.03. The lowest BCUT2D eigenvalue weighted by atomic mass is 10.1. The monoisotopic (exact) mass is 210 g/mol. The van der Waals surface area contributed by atoms with Gasteiger partial charge in [-0.1, -0.05) is 17.3 Å². The first-order chi connectivity index (χ1) is 7.22. The smallest absolute Gasteiger partial charge is 0.222 e. The molecule has 0 aliphatic heterocycles. The van der Waals surface area contributed by atoms with Crippen molar-refractivity contribution < 1.29 is 13.3 Å². The Kier molecular flexibility index (Phi) is 2.37. The summed E-state index contributed by atoms with van der Waals surface area (Å²) in [7, 11) is 0. The molecule has 0 aliphatic rings. The second-order valence-corrected chi connectivity index (χ2v) is 3.01. The Balaban J connectivity index is 2.57. The fourth-order valence-electron chi connectivity index (χ4n) is 1.35. The Labute approximate surface area is 84.5 Å². The van der Waals surface area contributed by atoms with E-state index in [4.69, 9.17) is 5.73 Å². The molecule has 0 atom stereocenters.